The first kappa shape index (κ1) is 14.9. The van der Waals surface area contributed by atoms with Crippen molar-refractivity contribution < 1.29 is 5.11 Å². The van der Waals surface area contributed by atoms with Gasteiger partial charge in [0.2, 0.25) is 0 Å². The van der Waals surface area contributed by atoms with Crippen LogP contribution in [0.5, 0.6) is 0 Å². The van der Waals surface area contributed by atoms with Gasteiger partial charge in [-0.25, -0.2) is 0 Å². The monoisotopic (exact) mass is 216 g/mol. The Hall–Kier alpha value is -0.120. The first-order valence-corrected chi connectivity index (χ1v) is 5.88. The Morgan fingerprint density at radius 1 is 1.20 bits per heavy atom. The second kappa shape index (κ2) is 5.83. The van der Waals surface area contributed by atoms with E-state index >= 15 is 0 Å². The molecule has 0 heterocycles. The second-order valence-electron chi connectivity index (χ2n) is 5.27. The fourth-order valence-corrected chi connectivity index (χ4v) is 1.60. The molecule has 15 heavy (non-hydrogen) atoms. The van der Waals surface area contributed by atoms with Crippen molar-refractivity contribution in [1.82, 2.24) is 10.2 Å². The molecule has 0 fully saturated rings. The van der Waals surface area contributed by atoms with Crippen molar-refractivity contribution in [2.24, 2.45) is 0 Å². The zero-order valence-corrected chi connectivity index (χ0v) is 11.2. The van der Waals surface area contributed by atoms with Gasteiger partial charge in [-0.2, -0.15) is 0 Å². The van der Waals surface area contributed by atoms with Crippen LogP contribution in [0.1, 0.15) is 41.0 Å². The minimum Gasteiger partial charge on any atom is -0.394 e. The van der Waals surface area contributed by atoms with Gasteiger partial charge in [-0.1, -0.05) is 13.8 Å². The molecule has 0 aromatic heterocycles. The Balaban J connectivity index is 4.41. The first-order chi connectivity index (χ1) is 6.81. The van der Waals surface area contributed by atoms with E-state index in [9.17, 15) is 5.11 Å². The van der Waals surface area contributed by atoms with E-state index < -0.39 is 0 Å². The number of rotatable bonds is 7. The van der Waals surface area contributed by atoms with E-state index in [1.54, 1.807) is 0 Å². The lowest BCUT2D eigenvalue weighted by Gasteiger charge is -2.41. The number of hydrogen-bond donors (Lipinski definition) is 2. The lowest BCUT2D eigenvalue weighted by Crippen LogP contribution is -2.57. The van der Waals surface area contributed by atoms with Gasteiger partial charge in [0, 0.05) is 12.1 Å². The van der Waals surface area contributed by atoms with Crippen LogP contribution in [0.4, 0.5) is 0 Å². The van der Waals surface area contributed by atoms with Crippen molar-refractivity contribution in [3.8, 4) is 0 Å². The van der Waals surface area contributed by atoms with Crippen molar-refractivity contribution in [2.75, 3.05) is 26.7 Å². The quantitative estimate of drug-likeness (QED) is 0.676. The highest BCUT2D eigenvalue weighted by atomic mass is 16.3. The van der Waals surface area contributed by atoms with Crippen LogP contribution in [0.2, 0.25) is 0 Å². The van der Waals surface area contributed by atoms with Gasteiger partial charge in [-0.15, -0.1) is 0 Å². The standard InChI is InChI=1S/C12H28N2O/c1-7-11(3,4)14(6)9-12(5,10-15)13-8-2/h13,15H,7-10H2,1-6H3. The van der Waals surface area contributed by atoms with Gasteiger partial charge in [0.1, 0.15) is 0 Å². The van der Waals surface area contributed by atoms with Crippen molar-refractivity contribution in [3.05, 3.63) is 0 Å². The Morgan fingerprint density at radius 2 is 1.73 bits per heavy atom. The highest BCUT2D eigenvalue weighted by Gasteiger charge is 2.29. The molecule has 1 unspecified atom stereocenters. The van der Waals surface area contributed by atoms with Crippen molar-refractivity contribution in [3.63, 3.8) is 0 Å². The fourth-order valence-electron chi connectivity index (χ4n) is 1.60. The van der Waals surface area contributed by atoms with Gasteiger partial charge in [0.05, 0.1) is 12.1 Å². The summed E-state index contributed by atoms with van der Waals surface area (Å²) in [5.41, 5.74) is -0.0121. The van der Waals surface area contributed by atoms with Crippen LogP contribution in [0, 0.1) is 0 Å². The summed E-state index contributed by atoms with van der Waals surface area (Å²) in [4.78, 5) is 2.31. The second-order valence-corrected chi connectivity index (χ2v) is 5.27. The summed E-state index contributed by atoms with van der Waals surface area (Å²) in [6.07, 6.45) is 1.11. The normalized spacial score (nSPS) is 16.8. The van der Waals surface area contributed by atoms with Crippen molar-refractivity contribution in [2.45, 2.75) is 52.1 Å². The van der Waals surface area contributed by atoms with Gasteiger partial charge in [-0.3, -0.25) is 4.90 Å². The molecule has 0 bridgehead atoms. The maximum atomic E-state index is 9.41. The van der Waals surface area contributed by atoms with E-state index in [2.05, 4.69) is 51.9 Å². The SMILES string of the molecule is CCNC(C)(CO)CN(C)C(C)(C)CC. The van der Waals surface area contributed by atoms with Crippen LogP contribution >= 0.6 is 0 Å². The first-order valence-electron chi connectivity index (χ1n) is 5.88. The summed E-state index contributed by atoms with van der Waals surface area (Å²) in [5, 5.41) is 12.8. The molecule has 0 spiro atoms. The zero-order valence-electron chi connectivity index (χ0n) is 11.2. The zero-order chi connectivity index (χ0) is 12.1. The summed E-state index contributed by atoms with van der Waals surface area (Å²) in [6, 6.07) is 0. The molecule has 2 N–H and O–H groups in total. The summed E-state index contributed by atoms with van der Waals surface area (Å²) in [6.45, 7) is 12.7. The predicted octanol–water partition coefficient (Wildman–Crippen LogP) is 1.47. The third-order valence-electron chi connectivity index (χ3n) is 3.44. The third-order valence-corrected chi connectivity index (χ3v) is 3.44. The number of aliphatic hydroxyl groups excluding tert-OH is 1. The number of likely N-dealkylation sites (N-methyl/N-ethyl adjacent to an activating group) is 2. The van der Waals surface area contributed by atoms with Crippen molar-refractivity contribution in [1.29, 1.82) is 0 Å². The third kappa shape index (κ3) is 4.49. The van der Waals surface area contributed by atoms with Gasteiger partial charge in [0.15, 0.2) is 0 Å². The highest BCUT2D eigenvalue weighted by molar-refractivity contribution is 4.89. The van der Waals surface area contributed by atoms with Crippen LogP contribution in [-0.2, 0) is 0 Å². The van der Waals surface area contributed by atoms with Crippen LogP contribution in [0.3, 0.4) is 0 Å². The summed E-state index contributed by atoms with van der Waals surface area (Å²) in [7, 11) is 2.12. The smallest absolute Gasteiger partial charge is 0.0623 e. The average molecular weight is 216 g/mol. The van der Waals surface area contributed by atoms with Gasteiger partial charge in [-0.05, 0) is 40.8 Å². The number of hydrogen-bond acceptors (Lipinski definition) is 3. The molecule has 0 radical (unpaired) electrons. The topological polar surface area (TPSA) is 35.5 Å². The molecule has 0 saturated heterocycles. The molecule has 0 aliphatic heterocycles. The van der Waals surface area contributed by atoms with E-state index in [-0.39, 0.29) is 17.7 Å². The molecular weight excluding hydrogens is 188 g/mol. The van der Waals surface area contributed by atoms with E-state index in [0.29, 0.717) is 0 Å². The average Bonchev–Trinajstić information content (AvgIpc) is 2.18. The molecule has 3 heteroatoms. The molecular formula is C12H28N2O. The molecule has 1 atom stereocenters. The molecule has 0 aromatic carbocycles. The van der Waals surface area contributed by atoms with E-state index in [0.717, 1.165) is 19.5 Å². The molecule has 0 saturated carbocycles. The minimum atomic E-state index is -0.198. The maximum absolute atomic E-state index is 9.41. The Kier molecular flexibility index (Phi) is 5.78. The summed E-state index contributed by atoms with van der Waals surface area (Å²) >= 11 is 0. The van der Waals surface area contributed by atoms with Crippen molar-refractivity contribution >= 4 is 0 Å². The number of nitrogens with one attached hydrogen (secondary N) is 1. The molecule has 0 rings (SSSR count). The molecule has 0 aliphatic rings. The lowest BCUT2D eigenvalue weighted by molar-refractivity contribution is 0.0766. The molecule has 92 valence electrons. The van der Waals surface area contributed by atoms with Gasteiger partial charge in [0.25, 0.3) is 0 Å². The molecule has 3 nitrogen and oxygen atoms in total. The maximum Gasteiger partial charge on any atom is 0.0623 e. The molecule has 0 amide bonds. The van der Waals surface area contributed by atoms with Gasteiger partial charge >= 0.3 is 0 Å². The van der Waals surface area contributed by atoms with E-state index in [1.165, 1.54) is 0 Å². The number of nitrogens with zero attached hydrogens (tertiary/aromatic N) is 1. The number of aliphatic hydroxyl groups is 1. The van der Waals surface area contributed by atoms with Crippen LogP contribution in [-0.4, -0.2) is 47.8 Å². The predicted molar refractivity (Wildman–Crippen MR) is 66.2 cm³/mol. The Bertz CT molecular complexity index is 182. The molecule has 0 aliphatic carbocycles. The van der Waals surface area contributed by atoms with E-state index in [1.807, 2.05) is 0 Å². The van der Waals surface area contributed by atoms with E-state index in [4.69, 9.17) is 0 Å². The van der Waals surface area contributed by atoms with Crippen LogP contribution < -0.4 is 5.32 Å². The Morgan fingerprint density at radius 3 is 2.07 bits per heavy atom. The molecule has 0 aromatic rings. The fraction of sp³-hybridized carbons (Fsp3) is 1.00. The minimum absolute atomic E-state index is 0.172. The summed E-state index contributed by atoms with van der Waals surface area (Å²) in [5.74, 6) is 0. The highest BCUT2D eigenvalue weighted by Crippen LogP contribution is 2.19. The Labute approximate surface area is 94.9 Å². The largest absolute Gasteiger partial charge is 0.394 e. The lowest BCUT2D eigenvalue weighted by atomic mass is 9.95. The van der Waals surface area contributed by atoms with Crippen LogP contribution in [0.25, 0.3) is 0 Å². The van der Waals surface area contributed by atoms with Crippen LogP contribution in [0.15, 0.2) is 0 Å². The van der Waals surface area contributed by atoms with Gasteiger partial charge < -0.3 is 10.4 Å². The summed E-state index contributed by atoms with van der Waals surface area (Å²) < 4.78 is 0.